The van der Waals surface area contributed by atoms with E-state index in [4.69, 9.17) is 20.7 Å². The first-order valence-electron chi connectivity index (χ1n) is 7.76. The average Bonchev–Trinajstić information content (AvgIpc) is 3.33. The summed E-state index contributed by atoms with van der Waals surface area (Å²) in [5, 5.41) is 0. The molecule has 0 radical (unpaired) electrons. The van der Waals surface area contributed by atoms with Crippen LogP contribution in [-0.2, 0) is 13.8 Å². The lowest BCUT2D eigenvalue weighted by Gasteiger charge is -2.18. The van der Waals surface area contributed by atoms with Gasteiger partial charge >= 0.3 is 7.75 Å². The molecular formula is C13H17N8O4P. The predicted octanol–water partition coefficient (Wildman–Crippen LogP) is -0.115. The van der Waals surface area contributed by atoms with Crippen molar-refractivity contribution in [3.63, 3.8) is 0 Å². The molecule has 0 aliphatic carbocycles. The van der Waals surface area contributed by atoms with Crippen LogP contribution < -0.4 is 11.5 Å². The lowest BCUT2D eigenvalue weighted by Crippen LogP contribution is -2.27. The second kappa shape index (κ2) is 6.41. The van der Waals surface area contributed by atoms with Crippen LogP contribution in [0, 0.1) is 0 Å². The van der Waals surface area contributed by atoms with E-state index >= 15 is 0 Å². The Morgan fingerprint density at radius 2 is 2.23 bits per heavy atom. The summed E-state index contributed by atoms with van der Waals surface area (Å²) in [5.41, 5.74) is 12.9. The van der Waals surface area contributed by atoms with Gasteiger partial charge < -0.3 is 21.1 Å². The summed E-state index contributed by atoms with van der Waals surface area (Å²) < 4.78 is 25.9. The minimum absolute atomic E-state index is 0.0973. The first kappa shape index (κ1) is 17.1. The summed E-state index contributed by atoms with van der Waals surface area (Å²) in [6.45, 7) is -0.0973. The Kier molecular flexibility index (Phi) is 4.21. The third-order valence-corrected chi connectivity index (χ3v) is 5.41. The van der Waals surface area contributed by atoms with Crippen molar-refractivity contribution in [3.8, 4) is 0 Å². The maximum absolute atomic E-state index is 12.2. The molecule has 138 valence electrons. The Bertz CT molecular complexity index is 960. The van der Waals surface area contributed by atoms with Crippen LogP contribution in [0.5, 0.6) is 0 Å². The molecule has 1 aliphatic rings. The number of anilines is 1. The molecule has 1 unspecified atom stereocenters. The van der Waals surface area contributed by atoms with E-state index in [9.17, 15) is 9.46 Å². The van der Waals surface area contributed by atoms with Crippen LogP contribution in [0.25, 0.3) is 11.2 Å². The first-order chi connectivity index (χ1) is 12.5. The number of nitrogen functional groups attached to an aromatic ring is 1. The maximum atomic E-state index is 12.2. The molecule has 0 spiro atoms. The molecule has 5 N–H and O–H groups in total. The molecule has 1 saturated heterocycles. The minimum Gasteiger partial charge on any atom is -0.382 e. The molecule has 4 rings (SSSR count). The standard InChI is InChI=1S/C13H17N8O4P/c14-9-3-8(4-24-26(22,23)20-2-1-16-6-20)25-13(9)21-7-19-10-11(15)17-5-18-12(10)21/h1-2,5-9,13H,3-4,14H2,(H,22,23)(H2,15,17,18)/t8-,9+,13+/m0/s1. The number of hydrogen-bond acceptors (Lipinski definition) is 9. The van der Waals surface area contributed by atoms with Crippen molar-refractivity contribution in [2.24, 2.45) is 5.73 Å². The quantitative estimate of drug-likeness (QED) is 0.507. The molecule has 0 saturated carbocycles. The molecule has 0 amide bonds. The summed E-state index contributed by atoms with van der Waals surface area (Å²) in [4.78, 5) is 25.9. The second-order valence-electron chi connectivity index (χ2n) is 5.86. The maximum Gasteiger partial charge on any atom is 0.437 e. The molecule has 1 fully saturated rings. The fourth-order valence-electron chi connectivity index (χ4n) is 2.86. The van der Waals surface area contributed by atoms with Gasteiger partial charge in [-0.2, -0.15) is 0 Å². The lowest BCUT2D eigenvalue weighted by atomic mass is 10.2. The topological polar surface area (TPSA) is 169 Å². The van der Waals surface area contributed by atoms with Crippen molar-refractivity contribution in [1.29, 1.82) is 0 Å². The third kappa shape index (κ3) is 2.97. The van der Waals surface area contributed by atoms with E-state index in [1.165, 1.54) is 31.4 Å². The summed E-state index contributed by atoms with van der Waals surface area (Å²) >= 11 is 0. The van der Waals surface area contributed by atoms with E-state index in [1.54, 1.807) is 4.57 Å². The van der Waals surface area contributed by atoms with E-state index in [0.29, 0.717) is 17.6 Å². The van der Waals surface area contributed by atoms with Crippen molar-refractivity contribution < 1.29 is 18.7 Å². The van der Waals surface area contributed by atoms with Gasteiger partial charge in [0.2, 0.25) is 0 Å². The lowest BCUT2D eigenvalue weighted by molar-refractivity contribution is -0.0212. The number of fused-ring (bicyclic) bond motifs is 1. The molecule has 1 aliphatic heterocycles. The molecule has 3 aromatic heterocycles. The van der Waals surface area contributed by atoms with E-state index < -0.39 is 20.1 Å². The van der Waals surface area contributed by atoms with Gasteiger partial charge in [0.15, 0.2) is 17.7 Å². The third-order valence-electron chi connectivity index (χ3n) is 4.11. The van der Waals surface area contributed by atoms with Crippen LogP contribution in [0.15, 0.2) is 31.4 Å². The van der Waals surface area contributed by atoms with Crippen LogP contribution >= 0.6 is 7.75 Å². The smallest absolute Gasteiger partial charge is 0.382 e. The van der Waals surface area contributed by atoms with E-state index in [0.717, 1.165) is 4.34 Å². The van der Waals surface area contributed by atoms with Gasteiger partial charge in [0, 0.05) is 12.4 Å². The number of imidazole rings is 2. The first-order valence-corrected chi connectivity index (χ1v) is 9.29. The Hall–Kier alpha value is -2.37. The van der Waals surface area contributed by atoms with Crippen molar-refractivity contribution in [1.82, 2.24) is 28.8 Å². The van der Waals surface area contributed by atoms with Gasteiger partial charge in [-0.25, -0.2) is 28.8 Å². The summed E-state index contributed by atoms with van der Waals surface area (Å²) in [7, 11) is -4.02. The van der Waals surface area contributed by atoms with Gasteiger partial charge in [-0.15, -0.1) is 0 Å². The average molecular weight is 380 g/mol. The van der Waals surface area contributed by atoms with Gasteiger partial charge in [-0.05, 0) is 6.42 Å². The summed E-state index contributed by atoms with van der Waals surface area (Å²) in [5.74, 6) is 0.266. The zero-order valence-electron chi connectivity index (χ0n) is 13.5. The van der Waals surface area contributed by atoms with Gasteiger partial charge in [0.1, 0.15) is 18.2 Å². The van der Waals surface area contributed by atoms with Crippen LogP contribution in [0.2, 0.25) is 0 Å². The number of hydrogen-bond donors (Lipinski definition) is 3. The molecular weight excluding hydrogens is 363 g/mol. The van der Waals surface area contributed by atoms with Gasteiger partial charge in [-0.1, -0.05) is 0 Å². The highest BCUT2D eigenvalue weighted by Gasteiger charge is 2.37. The fraction of sp³-hybridized carbons (Fsp3) is 0.385. The van der Waals surface area contributed by atoms with Crippen LogP contribution in [-0.4, -0.2) is 52.5 Å². The molecule has 26 heavy (non-hydrogen) atoms. The zero-order chi connectivity index (χ0) is 18.3. The van der Waals surface area contributed by atoms with Gasteiger partial charge in [-0.3, -0.25) is 9.09 Å². The Labute approximate surface area is 147 Å². The molecule has 4 heterocycles. The van der Waals surface area contributed by atoms with Crippen LogP contribution in [0.4, 0.5) is 5.82 Å². The van der Waals surface area contributed by atoms with Crippen LogP contribution in [0.3, 0.4) is 0 Å². The SMILES string of the molecule is Nc1ncnc2c1ncn2[C@@H]1O[C@H](COP(=O)(O)n2ccnc2)C[C@H]1N. The number of aromatic nitrogens is 6. The Morgan fingerprint density at radius 3 is 3.00 bits per heavy atom. The Balaban J connectivity index is 1.48. The van der Waals surface area contributed by atoms with Crippen molar-refractivity contribution in [3.05, 3.63) is 31.4 Å². The molecule has 0 bridgehead atoms. The molecule has 0 aromatic carbocycles. The van der Waals surface area contributed by atoms with Crippen molar-refractivity contribution >= 4 is 24.7 Å². The van der Waals surface area contributed by atoms with E-state index in [1.807, 2.05) is 0 Å². The predicted molar refractivity (Wildman–Crippen MR) is 89.6 cm³/mol. The summed E-state index contributed by atoms with van der Waals surface area (Å²) in [6.07, 6.45) is 6.26. The fourth-order valence-corrected chi connectivity index (χ4v) is 3.77. The highest BCUT2D eigenvalue weighted by molar-refractivity contribution is 7.51. The number of ether oxygens (including phenoxy) is 1. The largest absolute Gasteiger partial charge is 0.437 e. The van der Waals surface area contributed by atoms with Crippen LogP contribution in [0.1, 0.15) is 12.6 Å². The van der Waals surface area contributed by atoms with E-state index in [2.05, 4.69) is 19.9 Å². The highest BCUT2D eigenvalue weighted by atomic mass is 31.2. The molecule has 13 heteroatoms. The normalized spacial score (nSPS) is 25.5. The molecule has 4 atom stereocenters. The monoisotopic (exact) mass is 380 g/mol. The number of nitrogens with zero attached hydrogens (tertiary/aromatic N) is 6. The number of nitrogens with two attached hydrogens (primary N) is 2. The number of rotatable bonds is 5. The minimum atomic E-state index is -4.02. The molecule has 3 aromatic rings. The van der Waals surface area contributed by atoms with Gasteiger partial charge in [0.25, 0.3) is 0 Å². The molecule has 12 nitrogen and oxygen atoms in total. The van der Waals surface area contributed by atoms with Crippen molar-refractivity contribution in [2.45, 2.75) is 24.8 Å². The highest BCUT2D eigenvalue weighted by Crippen LogP contribution is 2.44. The second-order valence-corrected chi connectivity index (χ2v) is 7.56. The van der Waals surface area contributed by atoms with Crippen molar-refractivity contribution in [2.75, 3.05) is 12.3 Å². The Morgan fingerprint density at radius 1 is 1.38 bits per heavy atom. The van der Waals surface area contributed by atoms with E-state index in [-0.39, 0.29) is 18.5 Å². The van der Waals surface area contributed by atoms with Gasteiger partial charge in [0.05, 0.1) is 25.1 Å². The summed E-state index contributed by atoms with van der Waals surface area (Å²) in [6, 6.07) is -0.372. The zero-order valence-corrected chi connectivity index (χ0v) is 14.4.